The Morgan fingerprint density at radius 1 is 1.16 bits per heavy atom. The van der Waals surface area contributed by atoms with Gasteiger partial charge in [-0.15, -0.1) is 0 Å². The zero-order valence-electron chi connectivity index (χ0n) is 10.5. The molecule has 0 unspecified atom stereocenters. The molecule has 0 atom stereocenters. The molecule has 0 saturated heterocycles. The quantitative estimate of drug-likeness (QED) is 0.903. The van der Waals surface area contributed by atoms with Gasteiger partial charge in [0.2, 0.25) is 0 Å². The van der Waals surface area contributed by atoms with Crippen molar-refractivity contribution in [2.45, 2.75) is 0 Å². The van der Waals surface area contributed by atoms with E-state index in [0.717, 1.165) is 0 Å². The number of ether oxygens (including phenoxy) is 2. The molecule has 0 fully saturated rings. The Morgan fingerprint density at radius 3 is 2.53 bits per heavy atom. The summed E-state index contributed by atoms with van der Waals surface area (Å²) in [6.07, 6.45) is 1.41. The number of hydrogen-bond acceptors (Lipinski definition) is 5. The van der Waals surface area contributed by atoms with Crippen LogP contribution < -0.4 is 9.47 Å². The third-order valence-corrected chi connectivity index (χ3v) is 2.52. The Morgan fingerprint density at radius 2 is 1.89 bits per heavy atom. The van der Waals surface area contributed by atoms with E-state index in [2.05, 4.69) is 9.97 Å². The molecule has 2 aromatic rings. The fourth-order valence-electron chi connectivity index (χ4n) is 1.59. The van der Waals surface area contributed by atoms with Crippen molar-refractivity contribution in [3.63, 3.8) is 0 Å². The number of nitrogens with zero attached hydrogens (tertiary/aromatic N) is 2. The van der Waals surface area contributed by atoms with Gasteiger partial charge in [-0.25, -0.2) is 14.8 Å². The van der Waals surface area contributed by atoms with E-state index >= 15 is 0 Å². The summed E-state index contributed by atoms with van der Waals surface area (Å²) in [7, 11) is 3.06. The number of carboxylic acids is 1. The van der Waals surface area contributed by atoms with Crippen molar-refractivity contribution >= 4 is 5.97 Å². The zero-order valence-corrected chi connectivity index (χ0v) is 10.5. The molecular formula is C13H12N2O4. The summed E-state index contributed by atoms with van der Waals surface area (Å²) in [5, 5.41) is 8.90. The van der Waals surface area contributed by atoms with Gasteiger partial charge in [-0.05, 0) is 24.3 Å². The number of rotatable bonds is 4. The maximum atomic E-state index is 10.9. The minimum atomic E-state index is -1.09. The molecule has 0 bridgehead atoms. The summed E-state index contributed by atoms with van der Waals surface area (Å²) in [6, 6.07) is 6.49. The maximum Gasteiger partial charge on any atom is 0.354 e. The Hall–Kier alpha value is -2.63. The molecule has 2 rings (SSSR count). The van der Waals surface area contributed by atoms with E-state index in [1.54, 1.807) is 25.3 Å². The third kappa shape index (κ3) is 2.62. The first kappa shape index (κ1) is 12.8. The minimum Gasteiger partial charge on any atom is -0.493 e. The predicted molar refractivity (Wildman–Crippen MR) is 67.5 cm³/mol. The van der Waals surface area contributed by atoms with Crippen LogP contribution >= 0.6 is 0 Å². The Bertz CT molecular complexity index is 613. The topological polar surface area (TPSA) is 81.5 Å². The molecular weight excluding hydrogens is 248 g/mol. The van der Waals surface area contributed by atoms with Crippen LogP contribution in [-0.2, 0) is 0 Å². The molecule has 0 aliphatic heterocycles. The number of carbonyl (C=O) groups is 1. The van der Waals surface area contributed by atoms with Crippen molar-refractivity contribution in [3.8, 4) is 22.9 Å². The van der Waals surface area contributed by atoms with Crippen molar-refractivity contribution < 1.29 is 19.4 Å². The standard InChI is InChI=1S/C13H12N2O4/c1-18-10-4-3-8(7-11(10)19-2)12-14-6-5-9(15-12)13(16)17/h3-7H,1-2H3,(H,16,17). The molecule has 0 radical (unpaired) electrons. The average molecular weight is 260 g/mol. The first-order valence-corrected chi connectivity index (χ1v) is 5.44. The van der Waals surface area contributed by atoms with Crippen LogP contribution in [0.5, 0.6) is 11.5 Å². The smallest absolute Gasteiger partial charge is 0.354 e. The normalized spacial score (nSPS) is 10.0. The van der Waals surface area contributed by atoms with Crippen molar-refractivity contribution in [3.05, 3.63) is 36.2 Å². The second-order valence-electron chi connectivity index (χ2n) is 3.64. The fraction of sp³-hybridized carbons (Fsp3) is 0.154. The number of benzene rings is 1. The number of methoxy groups -OCH3 is 2. The van der Waals surface area contributed by atoms with Crippen LogP contribution in [0.2, 0.25) is 0 Å². The fourth-order valence-corrected chi connectivity index (χ4v) is 1.59. The summed E-state index contributed by atoms with van der Waals surface area (Å²) in [4.78, 5) is 18.9. The van der Waals surface area contributed by atoms with Gasteiger partial charge in [-0.3, -0.25) is 0 Å². The van der Waals surface area contributed by atoms with E-state index < -0.39 is 5.97 Å². The Kier molecular flexibility index (Phi) is 3.61. The minimum absolute atomic E-state index is 0.0558. The molecule has 98 valence electrons. The molecule has 0 aliphatic carbocycles. The summed E-state index contributed by atoms with van der Waals surface area (Å²) in [6.45, 7) is 0. The van der Waals surface area contributed by atoms with Crippen LogP contribution in [0.25, 0.3) is 11.4 Å². The van der Waals surface area contributed by atoms with Gasteiger partial charge in [0, 0.05) is 11.8 Å². The summed E-state index contributed by atoms with van der Waals surface area (Å²) in [5.74, 6) is 0.343. The Balaban J connectivity index is 2.47. The van der Waals surface area contributed by atoms with Crippen molar-refractivity contribution in [1.29, 1.82) is 0 Å². The number of aromatic nitrogens is 2. The number of aromatic carboxylic acids is 1. The molecule has 6 heteroatoms. The first-order valence-electron chi connectivity index (χ1n) is 5.44. The SMILES string of the molecule is COc1ccc(-c2nccc(C(=O)O)n2)cc1OC. The van der Waals surface area contributed by atoms with Crippen LogP contribution in [0.3, 0.4) is 0 Å². The van der Waals surface area contributed by atoms with E-state index in [1.165, 1.54) is 19.4 Å². The number of hydrogen-bond donors (Lipinski definition) is 1. The van der Waals surface area contributed by atoms with Crippen LogP contribution in [0.4, 0.5) is 0 Å². The lowest BCUT2D eigenvalue weighted by Gasteiger charge is -2.09. The van der Waals surface area contributed by atoms with Crippen LogP contribution in [0.15, 0.2) is 30.5 Å². The Labute approximate surface area is 109 Å². The van der Waals surface area contributed by atoms with E-state index in [1.807, 2.05) is 0 Å². The molecule has 1 heterocycles. The van der Waals surface area contributed by atoms with Gasteiger partial charge in [0.05, 0.1) is 14.2 Å². The highest BCUT2D eigenvalue weighted by Crippen LogP contribution is 2.30. The van der Waals surface area contributed by atoms with E-state index in [0.29, 0.717) is 22.9 Å². The largest absolute Gasteiger partial charge is 0.493 e. The molecule has 0 spiro atoms. The van der Waals surface area contributed by atoms with Gasteiger partial charge in [0.25, 0.3) is 0 Å². The third-order valence-electron chi connectivity index (χ3n) is 2.52. The molecule has 1 aromatic carbocycles. The van der Waals surface area contributed by atoms with E-state index in [9.17, 15) is 4.79 Å². The maximum absolute atomic E-state index is 10.9. The van der Waals surface area contributed by atoms with Crippen molar-refractivity contribution in [2.75, 3.05) is 14.2 Å². The molecule has 6 nitrogen and oxygen atoms in total. The average Bonchev–Trinajstić information content (AvgIpc) is 2.46. The lowest BCUT2D eigenvalue weighted by molar-refractivity contribution is 0.0690. The lowest BCUT2D eigenvalue weighted by atomic mass is 10.2. The van der Waals surface area contributed by atoms with Crippen LogP contribution in [0.1, 0.15) is 10.5 Å². The predicted octanol–water partition coefficient (Wildman–Crippen LogP) is 1.86. The zero-order chi connectivity index (χ0) is 13.8. The van der Waals surface area contributed by atoms with Gasteiger partial charge >= 0.3 is 5.97 Å². The van der Waals surface area contributed by atoms with E-state index in [-0.39, 0.29) is 5.69 Å². The van der Waals surface area contributed by atoms with Crippen molar-refractivity contribution in [1.82, 2.24) is 9.97 Å². The highest BCUT2D eigenvalue weighted by molar-refractivity contribution is 5.85. The summed E-state index contributed by atoms with van der Waals surface area (Å²) < 4.78 is 10.3. The molecule has 0 saturated carbocycles. The molecule has 1 N–H and O–H groups in total. The van der Waals surface area contributed by atoms with Gasteiger partial charge in [-0.2, -0.15) is 0 Å². The molecule has 0 aliphatic rings. The van der Waals surface area contributed by atoms with Gasteiger partial charge in [0.15, 0.2) is 23.0 Å². The second-order valence-corrected chi connectivity index (χ2v) is 3.64. The van der Waals surface area contributed by atoms with E-state index in [4.69, 9.17) is 14.6 Å². The molecule has 0 amide bonds. The van der Waals surface area contributed by atoms with Crippen molar-refractivity contribution in [2.24, 2.45) is 0 Å². The van der Waals surface area contributed by atoms with Crippen LogP contribution in [0, 0.1) is 0 Å². The summed E-state index contributed by atoms with van der Waals surface area (Å²) in [5.41, 5.74) is 0.598. The van der Waals surface area contributed by atoms with Gasteiger partial charge in [-0.1, -0.05) is 0 Å². The highest BCUT2D eigenvalue weighted by atomic mass is 16.5. The molecule has 1 aromatic heterocycles. The summed E-state index contributed by atoms with van der Waals surface area (Å²) >= 11 is 0. The monoisotopic (exact) mass is 260 g/mol. The van der Waals surface area contributed by atoms with Gasteiger partial charge < -0.3 is 14.6 Å². The molecule has 19 heavy (non-hydrogen) atoms. The first-order chi connectivity index (χ1) is 9.15. The highest BCUT2D eigenvalue weighted by Gasteiger charge is 2.10. The lowest BCUT2D eigenvalue weighted by Crippen LogP contribution is -2.02. The second kappa shape index (κ2) is 5.34. The van der Waals surface area contributed by atoms with Gasteiger partial charge in [0.1, 0.15) is 0 Å². The number of carboxylic acid groups (broad SMARTS) is 1. The van der Waals surface area contributed by atoms with Crippen LogP contribution in [-0.4, -0.2) is 35.3 Å².